The van der Waals surface area contributed by atoms with Crippen LogP contribution in [-0.4, -0.2) is 64.8 Å². The number of nitrogens with zero attached hydrogens (tertiary/aromatic N) is 3. The van der Waals surface area contributed by atoms with Crippen molar-refractivity contribution in [2.45, 2.75) is 31.8 Å². The minimum absolute atomic E-state index is 0.0154. The monoisotopic (exact) mass is 463 g/mol. The number of benzene rings is 2. The van der Waals surface area contributed by atoms with Gasteiger partial charge in [-0.1, -0.05) is 36.4 Å². The van der Waals surface area contributed by atoms with Crippen molar-refractivity contribution in [3.8, 4) is 11.5 Å². The molecule has 0 aliphatic carbocycles. The van der Waals surface area contributed by atoms with Crippen molar-refractivity contribution in [1.82, 2.24) is 14.7 Å². The molecule has 9 nitrogen and oxygen atoms in total. The molecule has 0 unspecified atom stereocenters. The van der Waals surface area contributed by atoms with Gasteiger partial charge in [0.05, 0.1) is 25.8 Å². The number of imide groups is 2. The molecule has 5 rings (SSSR count). The summed E-state index contributed by atoms with van der Waals surface area (Å²) in [5, 5.41) is 0. The van der Waals surface area contributed by atoms with Crippen LogP contribution in [0.15, 0.2) is 48.5 Å². The number of urea groups is 1. The minimum Gasteiger partial charge on any atom is -0.490 e. The lowest BCUT2D eigenvalue weighted by atomic mass is 10.0. The van der Waals surface area contributed by atoms with Gasteiger partial charge in [-0.15, -0.1) is 0 Å². The molecule has 0 saturated carbocycles. The second-order valence-corrected chi connectivity index (χ2v) is 8.55. The van der Waals surface area contributed by atoms with E-state index in [4.69, 9.17) is 9.47 Å². The van der Waals surface area contributed by atoms with Gasteiger partial charge in [-0.3, -0.25) is 19.3 Å². The quantitative estimate of drug-likeness (QED) is 0.499. The van der Waals surface area contributed by atoms with Gasteiger partial charge in [0, 0.05) is 13.0 Å². The summed E-state index contributed by atoms with van der Waals surface area (Å²) in [6.07, 6.45) is 2.36. The first-order chi connectivity index (χ1) is 16.5. The Morgan fingerprint density at radius 3 is 2.41 bits per heavy atom. The first kappa shape index (κ1) is 21.9. The first-order valence-electron chi connectivity index (χ1n) is 11.4. The summed E-state index contributed by atoms with van der Waals surface area (Å²) in [6, 6.07) is 13.6. The number of likely N-dealkylation sites (tertiary alicyclic amines) is 1. The van der Waals surface area contributed by atoms with Gasteiger partial charge in [0.25, 0.3) is 0 Å². The molecular formula is C25H25N3O6. The second-order valence-electron chi connectivity index (χ2n) is 8.55. The van der Waals surface area contributed by atoms with E-state index in [1.807, 2.05) is 24.3 Å². The lowest BCUT2D eigenvalue weighted by molar-refractivity contribution is -0.145. The average molecular weight is 463 g/mol. The van der Waals surface area contributed by atoms with Gasteiger partial charge in [-0.05, 0) is 36.1 Å². The molecule has 3 aliphatic rings. The van der Waals surface area contributed by atoms with E-state index in [-0.39, 0.29) is 18.5 Å². The van der Waals surface area contributed by atoms with E-state index in [1.54, 1.807) is 29.2 Å². The Balaban J connectivity index is 1.30. The topological polar surface area (TPSA) is 96.5 Å². The number of carbonyl (C=O) groups excluding carboxylic acids is 4. The van der Waals surface area contributed by atoms with E-state index in [9.17, 15) is 19.2 Å². The number of hydrogen-bond acceptors (Lipinski definition) is 6. The summed E-state index contributed by atoms with van der Waals surface area (Å²) in [7, 11) is 0. The van der Waals surface area contributed by atoms with Crippen LogP contribution < -0.4 is 9.47 Å². The lowest BCUT2D eigenvalue weighted by Crippen LogP contribution is -2.43. The van der Waals surface area contributed by atoms with Gasteiger partial charge in [0.15, 0.2) is 11.5 Å². The third-order valence-corrected chi connectivity index (χ3v) is 6.34. The van der Waals surface area contributed by atoms with Crippen LogP contribution in [0.2, 0.25) is 0 Å². The molecule has 0 bridgehead atoms. The number of carbonyl (C=O) groups is 4. The van der Waals surface area contributed by atoms with Gasteiger partial charge in [-0.2, -0.15) is 0 Å². The van der Waals surface area contributed by atoms with Crippen molar-refractivity contribution in [3.05, 3.63) is 59.7 Å². The Bertz CT molecular complexity index is 1130. The zero-order chi connectivity index (χ0) is 23.7. The fraction of sp³-hybridized carbons (Fsp3) is 0.360. The van der Waals surface area contributed by atoms with Gasteiger partial charge in [-0.25, -0.2) is 9.69 Å². The molecule has 5 amide bonds. The maximum absolute atomic E-state index is 13.2. The molecule has 2 fully saturated rings. The molecule has 2 aromatic rings. The van der Waals surface area contributed by atoms with Crippen LogP contribution in [0.1, 0.15) is 36.4 Å². The number of fused-ring (bicyclic) bond motifs is 1. The van der Waals surface area contributed by atoms with Crippen LogP contribution in [0.4, 0.5) is 4.79 Å². The maximum atomic E-state index is 13.2. The highest BCUT2D eigenvalue weighted by Crippen LogP contribution is 2.38. The first-order valence-corrected chi connectivity index (χ1v) is 11.4. The molecule has 0 N–H and O–H groups in total. The van der Waals surface area contributed by atoms with Crippen LogP contribution in [0.25, 0.3) is 0 Å². The van der Waals surface area contributed by atoms with Crippen molar-refractivity contribution in [1.29, 1.82) is 0 Å². The molecule has 0 spiro atoms. The smallest absolute Gasteiger partial charge is 0.335 e. The van der Waals surface area contributed by atoms with Gasteiger partial charge >= 0.3 is 17.8 Å². The van der Waals surface area contributed by atoms with Crippen LogP contribution in [-0.2, 0) is 20.9 Å². The van der Waals surface area contributed by atoms with Gasteiger partial charge in [0.2, 0.25) is 5.91 Å². The van der Waals surface area contributed by atoms with Crippen molar-refractivity contribution in [2.75, 3.05) is 26.3 Å². The summed E-state index contributed by atoms with van der Waals surface area (Å²) >= 11 is 0. The zero-order valence-electron chi connectivity index (χ0n) is 18.6. The largest absolute Gasteiger partial charge is 0.490 e. The summed E-state index contributed by atoms with van der Waals surface area (Å²) < 4.78 is 11.5. The summed E-state index contributed by atoms with van der Waals surface area (Å²) in [6.45, 7) is 1.19. The maximum Gasteiger partial charge on any atom is 0.335 e. The number of ether oxygens (including phenoxy) is 2. The van der Waals surface area contributed by atoms with E-state index in [1.165, 1.54) is 0 Å². The molecule has 1 atom stereocenters. The predicted molar refractivity (Wildman–Crippen MR) is 120 cm³/mol. The van der Waals surface area contributed by atoms with E-state index in [2.05, 4.69) is 0 Å². The predicted octanol–water partition coefficient (Wildman–Crippen LogP) is 2.50. The van der Waals surface area contributed by atoms with Crippen molar-refractivity contribution in [3.63, 3.8) is 0 Å². The third kappa shape index (κ3) is 4.09. The highest BCUT2D eigenvalue weighted by Gasteiger charge is 2.46. The molecule has 0 aromatic heterocycles. The molecule has 0 radical (unpaired) electrons. The van der Waals surface area contributed by atoms with Crippen LogP contribution in [0.5, 0.6) is 11.5 Å². The van der Waals surface area contributed by atoms with E-state index in [0.29, 0.717) is 31.3 Å². The van der Waals surface area contributed by atoms with Crippen LogP contribution >= 0.6 is 0 Å². The Morgan fingerprint density at radius 1 is 0.882 bits per heavy atom. The second kappa shape index (κ2) is 9.17. The average Bonchev–Trinajstić information content (AvgIpc) is 3.32. The van der Waals surface area contributed by atoms with E-state index < -0.39 is 24.4 Å². The number of hydrogen-bond donors (Lipinski definition) is 0. The van der Waals surface area contributed by atoms with Crippen molar-refractivity contribution in [2.24, 2.45) is 0 Å². The third-order valence-electron chi connectivity index (χ3n) is 6.34. The van der Waals surface area contributed by atoms with Crippen molar-refractivity contribution >= 4 is 23.8 Å². The molecule has 3 heterocycles. The molecule has 176 valence electrons. The zero-order valence-corrected chi connectivity index (χ0v) is 18.6. The Labute approximate surface area is 196 Å². The summed E-state index contributed by atoms with van der Waals surface area (Å²) in [4.78, 5) is 54.3. The molecule has 2 saturated heterocycles. The fourth-order valence-corrected chi connectivity index (χ4v) is 4.62. The summed E-state index contributed by atoms with van der Waals surface area (Å²) in [5.41, 5.74) is 1.63. The highest BCUT2D eigenvalue weighted by molar-refractivity contribution is 6.44. The molecular weight excluding hydrogens is 438 g/mol. The molecule has 9 heteroatoms. The molecule has 2 aromatic carbocycles. The fourth-order valence-electron chi connectivity index (χ4n) is 4.62. The van der Waals surface area contributed by atoms with Gasteiger partial charge in [0.1, 0.15) is 6.54 Å². The van der Waals surface area contributed by atoms with Gasteiger partial charge < -0.3 is 14.4 Å². The lowest BCUT2D eigenvalue weighted by Gasteiger charge is -2.27. The SMILES string of the molecule is O=C1C(=O)N(Cc2ccccc2)C(=O)N1CC(=O)N1CCC[C@H]1c1ccc2c(c1)OCCCO2. The standard InChI is InChI=1S/C25H25N3O6/c29-22(16-28-24(31)23(30)27(25(28)32)15-17-6-2-1-3-7-17)26-11-4-8-19(26)18-9-10-20-21(14-18)34-13-5-12-33-20/h1-3,6-7,9-10,14,19H,4-5,8,11-13,15-16H2/t19-/m0/s1. The molecule has 3 aliphatic heterocycles. The molecule has 34 heavy (non-hydrogen) atoms. The van der Waals surface area contributed by atoms with E-state index in [0.717, 1.165) is 40.2 Å². The Hall–Kier alpha value is -3.88. The van der Waals surface area contributed by atoms with E-state index >= 15 is 0 Å². The minimum atomic E-state index is -0.972. The highest BCUT2D eigenvalue weighted by atomic mass is 16.5. The van der Waals surface area contributed by atoms with Crippen LogP contribution in [0.3, 0.4) is 0 Å². The Kier molecular flexibility index (Phi) is 5.91. The van der Waals surface area contributed by atoms with Crippen LogP contribution in [0, 0.1) is 0 Å². The Morgan fingerprint density at radius 2 is 1.62 bits per heavy atom. The van der Waals surface area contributed by atoms with Crippen molar-refractivity contribution < 1.29 is 28.7 Å². The summed E-state index contributed by atoms with van der Waals surface area (Å²) in [5.74, 6) is -0.919. The number of rotatable bonds is 5. The normalized spacial score (nSPS) is 20.2. The number of amides is 5.